The molecule has 0 radical (unpaired) electrons. The zero-order chi connectivity index (χ0) is 13.7. The summed E-state index contributed by atoms with van der Waals surface area (Å²) in [7, 11) is 1.68. The van der Waals surface area contributed by atoms with Crippen LogP contribution in [-0.2, 0) is 0 Å². The molecule has 0 aliphatic rings. The van der Waals surface area contributed by atoms with Crippen LogP contribution in [0.5, 0.6) is 5.75 Å². The first-order chi connectivity index (χ1) is 9.26. The lowest BCUT2D eigenvalue weighted by atomic mass is 10.0. The first-order valence-corrected chi connectivity index (χ1v) is 7.19. The van der Waals surface area contributed by atoms with E-state index in [0.717, 1.165) is 24.4 Å². The Bertz CT molecular complexity index is 510. The van der Waals surface area contributed by atoms with Crippen molar-refractivity contribution >= 4 is 11.5 Å². The summed E-state index contributed by atoms with van der Waals surface area (Å²) < 4.78 is 9.24. The molecule has 2 rings (SSSR count). The molecule has 102 valence electrons. The third kappa shape index (κ3) is 3.30. The van der Waals surface area contributed by atoms with Crippen molar-refractivity contribution in [2.45, 2.75) is 26.3 Å². The van der Waals surface area contributed by atoms with Crippen molar-refractivity contribution in [1.29, 1.82) is 0 Å². The number of ether oxygens (including phenoxy) is 1. The van der Waals surface area contributed by atoms with E-state index in [0.29, 0.717) is 0 Å². The van der Waals surface area contributed by atoms with Crippen LogP contribution in [-0.4, -0.2) is 23.2 Å². The van der Waals surface area contributed by atoms with Crippen molar-refractivity contribution in [2.75, 3.05) is 13.7 Å². The van der Waals surface area contributed by atoms with Crippen LogP contribution in [0.25, 0.3) is 0 Å². The van der Waals surface area contributed by atoms with E-state index >= 15 is 0 Å². The van der Waals surface area contributed by atoms with E-state index in [2.05, 4.69) is 34.0 Å². The van der Waals surface area contributed by atoms with E-state index in [1.165, 1.54) is 22.0 Å². The number of nitrogens with one attached hydrogen (secondary N) is 1. The van der Waals surface area contributed by atoms with Gasteiger partial charge in [-0.1, -0.05) is 23.5 Å². The van der Waals surface area contributed by atoms with Crippen molar-refractivity contribution < 1.29 is 4.74 Å². The molecule has 0 saturated heterocycles. The van der Waals surface area contributed by atoms with Gasteiger partial charge in [0.1, 0.15) is 5.75 Å². The average molecular weight is 277 g/mol. The molecule has 0 aliphatic carbocycles. The van der Waals surface area contributed by atoms with Crippen molar-refractivity contribution in [3.05, 3.63) is 40.4 Å². The molecular formula is C14H19N3OS. The quantitative estimate of drug-likeness (QED) is 0.882. The van der Waals surface area contributed by atoms with Crippen LogP contribution in [0.4, 0.5) is 0 Å². The third-order valence-corrected chi connectivity index (χ3v) is 3.89. The molecule has 1 N–H and O–H groups in total. The van der Waals surface area contributed by atoms with E-state index in [4.69, 9.17) is 4.74 Å². The maximum atomic E-state index is 5.20. The largest absolute Gasteiger partial charge is 0.497 e. The molecule has 0 fully saturated rings. The molecule has 0 saturated carbocycles. The number of methoxy groups -OCH3 is 1. The van der Waals surface area contributed by atoms with Gasteiger partial charge in [0.15, 0.2) is 0 Å². The monoisotopic (exact) mass is 277 g/mol. The van der Waals surface area contributed by atoms with Gasteiger partial charge in [0.2, 0.25) is 0 Å². The number of aromatic nitrogens is 2. The van der Waals surface area contributed by atoms with Crippen LogP contribution < -0.4 is 10.1 Å². The summed E-state index contributed by atoms with van der Waals surface area (Å²) in [4.78, 5) is 1.18. The Morgan fingerprint density at radius 2 is 2.05 bits per heavy atom. The smallest absolute Gasteiger partial charge is 0.118 e. The molecular weight excluding hydrogens is 258 g/mol. The zero-order valence-corrected chi connectivity index (χ0v) is 12.3. The van der Waals surface area contributed by atoms with E-state index in [9.17, 15) is 0 Å². The fourth-order valence-corrected chi connectivity index (χ4v) is 2.70. The van der Waals surface area contributed by atoms with Gasteiger partial charge in [-0.25, -0.2) is 0 Å². The van der Waals surface area contributed by atoms with Gasteiger partial charge in [0.25, 0.3) is 0 Å². The number of rotatable bonds is 6. The number of benzene rings is 1. The van der Waals surface area contributed by atoms with Gasteiger partial charge in [-0.15, -0.1) is 5.10 Å². The number of hydrogen-bond donors (Lipinski definition) is 1. The Morgan fingerprint density at radius 1 is 1.32 bits per heavy atom. The first kappa shape index (κ1) is 14.0. The standard InChI is InChI=1S/C14H19N3OS/c1-4-9-15-13(14-10(2)16-17-19-14)11-5-7-12(18-3)8-6-11/h5-8,13,15H,4,9H2,1-3H3. The Hall–Kier alpha value is -1.46. The lowest BCUT2D eigenvalue weighted by Crippen LogP contribution is -2.23. The highest BCUT2D eigenvalue weighted by Crippen LogP contribution is 2.27. The molecule has 0 aliphatic heterocycles. The highest BCUT2D eigenvalue weighted by molar-refractivity contribution is 7.05. The van der Waals surface area contributed by atoms with Crippen molar-refractivity contribution in [2.24, 2.45) is 0 Å². The Morgan fingerprint density at radius 3 is 2.58 bits per heavy atom. The molecule has 1 aromatic heterocycles. The van der Waals surface area contributed by atoms with E-state index in [1.54, 1.807) is 7.11 Å². The van der Waals surface area contributed by atoms with Gasteiger partial charge in [-0.2, -0.15) is 0 Å². The van der Waals surface area contributed by atoms with Crippen LogP contribution in [0.2, 0.25) is 0 Å². The molecule has 19 heavy (non-hydrogen) atoms. The van der Waals surface area contributed by atoms with Gasteiger partial charge < -0.3 is 10.1 Å². The number of hydrogen-bond acceptors (Lipinski definition) is 5. The summed E-state index contributed by atoms with van der Waals surface area (Å²) in [5, 5.41) is 7.66. The van der Waals surface area contributed by atoms with Crippen LogP contribution in [0.1, 0.15) is 35.5 Å². The van der Waals surface area contributed by atoms with Crippen LogP contribution >= 0.6 is 11.5 Å². The predicted octanol–water partition coefficient (Wildman–Crippen LogP) is 2.94. The van der Waals surface area contributed by atoms with Crippen molar-refractivity contribution in [3.63, 3.8) is 0 Å². The highest BCUT2D eigenvalue weighted by atomic mass is 32.1. The normalized spacial score (nSPS) is 12.4. The minimum atomic E-state index is 0.158. The summed E-state index contributed by atoms with van der Waals surface area (Å²) in [5.74, 6) is 0.872. The van der Waals surface area contributed by atoms with E-state index in [1.807, 2.05) is 19.1 Å². The Labute approximate surface area is 118 Å². The molecule has 1 atom stereocenters. The minimum absolute atomic E-state index is 0.158. The van der Waals surface area contributed by atoms with Gasteiger partial charge in [0.05, 0.1) is 23.7 Å². The number of aryl methyl sites for hydroxylation is 1. The summed E-state index contributed by atoms with van der Waals surface area (Å²) in [5.41, 5.74) is 2.21. The van der Waals surface area contributed by atoms with Gasteiger partial charge in [-0.05, 0) is 49.1 Å². The molecule has 0 amide bonds. The van der Waals surface area contributed by atoms with Gasteiger partial charge >= 0.3 is 0 Å². The second-order valence-electron chi connectivity index (χ2n) is 4.38. The Balaban J connectivity index is 2.28. The summed E-state index contributed by atoms with van der Waals surface area (Å²) in [6.45, 7) is 5.13. The van der Waals surface area contributed by atoms with Gasteiger partial charge in [0, 0.05) is 0 Å². The Kier molecular flexibility index (Phi) is 4.87. The topological polar surface area (TPSA) is 47.0 Å². The summed E-state index contributed by atoms with van der Waals surface area (Å²) in [6.07, 6.45) is 1.10. The second kappa shape index (κ2) is 6.63. The minimum Gasteiger partial charge on any atom is -0.497 e. The summed E-state index contributed by atoms with van der Waals surface area (Å²) >= 11 is 1.46. The fraction of sp³-hybridized carbons (Fsp3) is 0.429. The molecule has 0 bridgehead atoms. The van der Waals surface area contributed by atoms with Crippen LogP contribution in [0, 0.1) is 6.92 Å². The zero-order valence-electron chi connectivity index (χ0n) is 11.5. The maximum Gasteiger partial charge on any atom is 0.118 e. The summed E-state index contributed by atoms with van der Waals surface area (Å²) in [6, 6.07) is 8.31. The molecule has 1 unspecified atom stereocenters. The van der Waals surface area contributed by atoms with Crippen molar-refractivity contribution in [1.82, 2.24) is 14.9 Å². The van der Waals surface area contributed by atoms with Crippen molar-refractivity contribution in [3.8, 4) is 5.75 Å². The second-order valence-corrected chi connectivity index (χ2v) is 5.17. The molecule has 5 heteroatoms. The molecule has 4 nitrogen and oxygen atoms in total. The average Bonchev–Trinajstić information content (AvgIpc) is 2.86. The number of nitrogens with zero attached hydrogens (tertiary/aromatic N) is 2. The lowest BCUT2D eigenvalue weighted by Gasteiger charge is -2.18. The molecule has 1 aromatic carbocycles. The highest BCUT2D eigenvalue weighted by Gasteiger charge is 2.18. The predicted molar refractivity (Wildman–Crippen MR) is 77.8 cm³/mol. The molecule has 1 heterocycles. The maximum absolute atomic E-state index is 5.20. The van der Waals surface area contributed by atoms with E-state index < -0.39 is 0 Å². The van der Waals surface area contributed by atoms with Crippen LogP contribution in [0.15, 0.2) is 24.3 Å². The molecule has 2 aromatic rings. The SMILES string of the molecule is CCCNC(c1ccc(OC)cc1)c1snnc1C. The first-order valence-electron chi connectivity index (χ1n) is 6.42. The molecule has 0 spiro atoms. The third-order valence-electron chi connectivity index (χ3n) is 3.00. The lowest BCUT2D eigenvalue weighted by molar-refractivity contribution is 0.414. The van der Waals surface area contributed by atoms with Gasteiger partial charge in [-0.3, -0.25) is 0 Å². The fourth-order valence-electron chi connectivity index (χ4n) is 1.95. The van der Waals surface area contributed by atoms with E-state index in [-0.39, 0.29) is 6.04 Å². The van der Waals surface area contributed by atoms with Crippen LogP contribution in [0.3, 0.4) is 0 Å².